The third kappa shape index (κ3) is 15.2. The second kappa shape index (κ2) is 23.1. The topological polar surface area (TPSA) is 411 Å². The van der Waals surface area contributed by atoms with E-state index in [9.17, 15) is 58.8 Å². The Bertz CT molecular complexity index is 2000. The summed E-state index contributed by atoms with van der Waals surface area (Å²) in [6.45, 7) is -1.27. The number of aliphatic carboxylic acids is 4. The molecule has 2 aromatic rings. The van der Waals surface area contributed by atoms with Gasteiger partial charge < -0.3 is 78.9 Å². The molecule has 5 atom stereocenters. The van der Waals surface area contributed by atoms with Crippen LogP contribution in [-0.4, -0.2) is 144 Å². The SMILES string of the molecule is N[C@@H](CCC(=O)N[C@@H](CSc1c(O)c(O)cc2c1CCNC2Cc1cc(O)c(O)cc1SC[C@@H](NC(=O)CC[C@H](N)C(=O)O)C(=O)NCC(=O)O)C(=O)NCC(=O)O)C(=O)O. The zero-order chi connectivity index (χ0) is 45.6. The molecule has 0 aromatic heterocycles. The van der Waals surface area contributed by atoms with Gasteiger partial charge in [-0.1, -0.05) is 0 Å². The average Bonchev–Trinajstić information content (AvgIpc) is 3.19. The zero-order valence-corrected chi connectivity index (χ0v) is 33.8. The Morgan fingerprint density at radius 3 is 1.69 bits per heavy atom. The Morgan fingerprint density at radius 1 is 0.705 bits per heavy atom. The van der Waals surface area contributed by atoms with Crippen LogP contribution in [0.15, 0.2) is 28.0 Å². The van der Waals surface area contributed by atoms with Gasteiger partial charge in [-0.25, -0.2) is 0 Å². The van der Waals surface area contributed by atoms with Crippen LogP contribution in [0.3, 0.4) is 0 Å². The van der Waals surface area contributed by atoms with E-state index < -0.39 is 114 Å². The van der Waals surface area contributed by atoms with E-state index in [0.717, 1.165) is 23.5 Å². The van der Waals surface area contributed by atoms with Crippen LogP contribution in [0.2, 0.25) is 0 Å². The molecule has 1 aliphatic rings. The third-order valence-corrected chi connectivity index (χ3v) is 11.4. The van der Waals surface area contributed by atoms with Crippen molar-refractivity contribution in [3.63, 3.8) is 0 Å². The van der Waals surface area contributed by atoms with Crippen LogP contribution in [-0.2, 0) is 51.2 Å². The molecule has 23 nitrogen and oxygen atoms in total. The van der Waals surface area contributed by atoms with Gasteiger partial charge in [0.2, 0.25) is 23.6 Å². The van der Waals surface area contributed by atoms with Gasteiger partial charge in [0.1, 0.15) is 37.3 Å². The predicted molar refractivity (Wildman–Crippen MR) is 214 cm³/mol. The highest BCUT2D eigenvalue weighted by Crippen LogP contribution is 2.45. The van der Waals surface area contributed by atoms with E-state index in [2.05, 4.69) is 26.6 Å². The van der Waals surface area contributed by atoms with Crippen molar-refractivity contribution in [2.75, 3.05) is 31.1 Å². The number of carboxylic acid groups (broad SMARTS) is 4. The van der Waals surface area contributed by atoms with Crippen molar-refractivity contribution < 1.29 is 79.2 Å². The van der Waals surface area contributed by atoms with Gasteiger partial charge in [0.15, 0.2) is 23.0 Å². The number of phenols is 4. The first-order valence-electron chi connectivity index (χ1n) is 18.3. The summed E-state index contributed by atoms with van der Waals surface area (Å²) in [6, 6.07) is -2.37. The largest absolute Gasteiger partial charge is 0.504 e. The van der Waals surface area contributed by atoms with Gasteiger partial charge in [-0.15, -0.1) is 23.5 Å². The Kier molecular flexibility index (Phi) is 18.7. The van der Waals surface area contributed by atoms with Crippen LogP contribution in [0, 0.1) is 0 Å². The maximum atomic E-state index is 13.0. The molecule has 0 spiro atoms. The number of benzene rings is 2. The second-order valence-corrected chi connectivity index (χ2v) is 15.7. The van der Waals surface area contributed by atoms with Gasteiger partial charge >= 0.3 is 23.9 Å². The van der Waals surface area contributed by atoms with Crippen molar-refractivity contribution in [2.24, 2.45) is 11.5 Å². The molecule has 0 radical (unpaired) electrons. The number of thioether (sulfide) groups is 2. The summed E-state index contributed by atoms with van der Waals surface area (Å²) >= 11 is 1.80. The minimum Gasteiger partial charge on any atom is -0.504 e. The highest BCUT2D eigenvalue weighted by molar-refractivity contribution is 7.99. The monoisotopic (exact) mass is 897 g/mol. The molecular weight excluding hydrogens is 851 g/mol. The molecule has 1 unspecified atom stereocenters. The standard InChI is InChI=1S/C36H47N7O16S2/c37-18(35(56)57)1-3-27(47)42-21(33(54)40-11-29(49)50)13-60-26-10-24(45)23(44)8-15(26)7-20-17-9-25(46)31(53)32(16(17)5-6-39-20)61-14-22(34(55)41-12-30(51)52)43-28(48)4-2-19(38)36(58)59/h8-10,18-22,39,44-46,53H,1-7,11-14,37-38H2,(H,40,54)(H,41,55)(H,42,47)(H,43,48)(H,49,50)(H,51,52)(H,56,57)(H,58,59)/t18-,19-,20?,21+,22-/m0/s1. The molecule has 0 bridgehead atoms. The van der Waals surface area contributed by atoms with Crippen LogP contribution in [0.4, 0.5) is 0 Å². The molecule has 3 rings (SSSR count). The fourth-order valence-corrected chi connectivity index (χ4v) is 8.13. The lowest BCUT2D eigenvalue weighted by molar-refractivity contribution is -0.140. The number of nitrogens with one attached hydrogen (secondary N) is 5. The first-order chi connectivity index (χ1) is 28.7. The number of nitrogens with two attached hydrogens (primary N) is 2. The number of hydrogen-bond acceptors (Lipinski definition) is 17. The quantitative estimate of drug-likeness (QED) is 0.0395. The molecule has 61 heavy (non-hydrogen) atoms. The fraction of sp³-hybridized carbons (Fsp3) is 0.444. The number of aromatic hydroxyl groups is 4. The first-order valence-corrected chi connectivity index (χ1v) is 20.3. The van der Waals surface area contributed by atoms with Gasteiger partial charge in [0.05, 0.1) is 4.90 Å². The van der Waals surface area contributed by atoms with E-state index in [1.54, 1.807) is 0 Å². The molecule has 1 heterocycles. The molecule has 334 valence electrons. The summed E-state index contributed by atoms with van der Waals surface area (Å²) in [5.41, 5.74) is 12.3. The van der Waals surface area contributed by atoms with Crippen molar-refractivity contribution in [1.82, 2.24) is 26.6 Å². The van der Waals surface area contributed by atoms with E-state index in [1.165, 1.54) is 18.2 Å². The Hall–Kier alpha value is -6.02. The average molecular weight is 898 g/mol. The van der Waals surface area contributed by atoms with Crippen molar-refractivity contribution in [1.29, 1.82) is 0 Å². The van der Waals surface area contributed by atoms with Crippen LogP contribution in [0.5, 0.6) is 23.0 Å². The Balaban J connectivity index is 1.90. The number of rotatable bonds is 24. The molecule has 0 saturated heterocycles. The summed E-state index contributed by atoms with van der Waals surface area (Å²) in [5, 5.41) is 91.4. The van der Waals surface area contributed by atoms with Crippen LogP contribution >= 0.6 is 23.5 Å². The van der Waals surface area contributed by atoms with E-state index in [0.29, 0.717) is 28.1 Å². The normalized spacial score (nSPS) is 15.2. The lowest BCUT2D eigenvalue weighted by Gasteiger charge is -2.30. The minimum atomic E-state index is -1.39. The van der Waals surface area contributed by atoms with Crippen molar-refractivity contribution in [3.8, 4) is 23.0 Å². The lowest BCUT2D eigenvalue weighted by Crippen LogP contribution is -2.49. The highest BCUT2D eigenvalue weighted by Gasteiger charge is 2.31. The van der Waals surface area contributed by atoms with Gasteiger partial charge in [0, 0.05) is 35.3 Å². The molecule has 17 N–H and O–H groups in total. The number of carboxylic acids is 4. The first kappa shape index (κ1) is 49.3. The summed E-state index contributed by atoms with van der Waals surface area (Å²) in [6.07, 6.45) is -0.964. The number of carbonyl (C=O) groups excluding carboxylic acids is 4. The van der Waals surface area contributed by atoms with E-state index in [1.807, 2.05) is 0 Å². The van der Waals surface area contributed by atoms with Crippen molar-refractivity contribution >= 4 is 71.0 Å². The summed E-state index contributed by atoms with van der Waals surface area (Å²) < 4.78 is 0. The molecule has 2 aromatic carbocycles. The molecular formula is C36H47N7O16S2. The molecule has 0 aliphatic carbocycles. The number of phenolic OH excluding ortho intramolecular Hbond substituents is 4. The van der Waals surface area contributed by atoms with Crippen molar-refractivity contribution in [3.05, 3.63) is 34.9 Å². The second-order valence-electron chi connectivity index (χ2n) is 13.6. The van der Waals surface area contributed by atoms with Gasteiger partial charge in [-0.2, -0.15) is 0 Å². The summed E-state index contributed by atoms with van der Waals surface area (Å²) in [5.74, 6) is -11.4. The minimum absolute atomic E-state index is 0.0432. The summed E-state index contributed by atoms with van der Waals surface area (Å²) in [7, 11) is 0. The Morgan fingerprint density at radius 2 is 1.20 bits per heavy atom. The molecule has 25 heteroatoms. The third-order valence-electron chi connectivity index (χ3n) is 9.03. The smallest absolute Gasteiger partial charge is 0.322 e. The maximum Gasteiger partial charge on any atom is 0.322 e. The zero-order valence-electron chi connectivity index (χ0n) is 32.2. The van der Waals surface area contributed by atoms with Crippen LogP contribution in [0.25, 0.3) is 0 Å². The van der Waals surface area contributed by atoms with Crippen molar-refractivity contribution in [2.45, 2.75) is 78.5 Å². The van der Waals surface area contributed by atoms with Gasteiger partial charge in [0.25, 0.3) is 0 Å². The number of hydrogen-bond donors (Lipinski definition) is 15. The number of amides is 4. The van der Waals surface area contributed by atoms with Gasteiger partial charge in [-0.05, 0) is 67.1 Å². The molecule has 0 saturated carbocycles. The van der Waals surface area contributed by atoms with Gasteiger partial charge in [-0.3, -0.25) is 38.4 Å². The Labute approximate surface area is 355 Å². The predicted octanol–water partition coefficient (Wildman–Crippen LogP) is -2.12. The van der Waals surface area contributed by atoms with E-state index in [-0.39, 0.29) is 54.9 Å². The number of carbonyl (C=O) groups is 8. The van der Waals surface area contributed by atoms with Crippen LogP contribution < -0.4 is 38.1 Å². The van der Waals surface area contributed by atoms with Crippen LogP contribution in [0.1, 0.15) is 48.4 Å². The van der Waals surface area contributed by atoms with E-state index in [4.69, 9.17) is 31.9 Å². The molecule has 4 amide bonds. The maximum absolute atomic E-state index is 13.0. The summed E-state index contributed by atoms with van der Waals surface area (Å²) in [4.78, 5) is 96.1. The highest BCUT2D eigenvalue weighted by atomic mass is 32.2. The van der Waals surface area contributed by atoms with E-state index >= 15 is 0 Å². The molecule has 0 fully saturated rings. The fourth-order valence-electron chi connectivity index (χ4n) is 5.83. The lowest BCUT2D eigenvalue weighted by atomic mass is 9.89. The molecule has 1 aliphatic heterocycles. The number of fused-ring (bicyclic) bond motifs is 1.